The first kappa shape index (κ1) is 25.0. The van der Waals surface area contributed by atoms with Crippen molar-refractivity contribution in [1.82, 2.24) is 14.9 Å². The van der Waals surface area contributed by atoms with Gasteiger partial charge in [-0.2, -0.15) is 0 Å². The Hall–Kier alpha value is -4.62. The number of nitrogens with zero attached hydrogens (tertiary/aromatic N) is 2. The molecule has 0 aliphatic heterocycles. The number of aromatic nitrogens is 2. The fraction of sp³-hybridized carbons (Fsp3) is 0.0968. The molecule has 0 bridgehead atoms. The van der Waals surface area contributed by atoms with Crippen LogP contribution < -0.4 is 16.2 Å². The summed E-state index contributed by atoms with van der Waals surface area (Å²) in [5.41, 5.74) is 3.80. The first-order valence-electron chi connectivity index (χ1n) is 12.3. The van der Waals surface area contributed by atoms with Gasteiger partial charge >= 0.3 is 0 Å². The van der Waals surface area contributed by atoms with Gasteiger partial charge in [0.25, 0.3) is 5.56 Å². The number of carbonyl (C=O) groups excluding carboxylic acids is 1. The maximum absolute atomic E-state index is 14.0. The molecular weight excluding hydrogens is 492 g/mol. The van der Waals surface area contributed by atoms with Crippen LogP contribution in [0.2, 0.25) is 0 Å². The molecule has 1 heterocycles. The number of anilines is 1. The van der Waals surface area contributed by atoms with Crippen molar-refractivity contribution in [2.24, 2.45) is 0 Å². The third-order valence-corrected chi connectivity index (χ3v) is 6.48. The van der Waals surface area contributed by atoms with E-state index in [-0.39, 0.29) is 17.1 Å². The molecule has 0 fully saturated rings. The third kappa shape index (κ3) is 5.53. The molecule has 0 aliphatic rings. The van der Waals surface area contributed by atoms with Crippen LogP contribution in [-0.2, 0) is 11.2 Å². The highest BCUT2D eigenvalue weighted by molar-refractivity contribution is 7.80. The van der Waals surface area contributed by atoms with Crippen LogP contribution in [0.5, 0.6) is 0 Å². The monoisotopic (exact) mass is 518 g/mol. The maximum atomic E-state index is 14.0. The zero-order chi connectivity index (χ0) is 26.5. The van der Waals surface area contributed by atoms with Crippen LogP contribution in [0, 0.1) is 6.92 Å². The largest absolute Gasteiger partial charge is 0.332 e. The van der Waals surface area contributed by atoms with E-state index in [0.717, 1.165) is 22.4 Å². The van der Waals surface area contributed by atoms with E-state index in [1.165, 1.54) is 4.57 Å². The molecule has 5 rings (SSSR count). The Morgan fingerprint density at radius 2 is 1.50 bits per heavy atom. The zero-order valence-corrected chi connectivity index (χ0v) is 21.6. The van der Waals surface area contributed by atoms with Gasteiger partial charge in [-0.05, 0) is 49.0 Å². The number of hydrogen-bond donors (Lipinski definition) is 2. The number of hydrogen-bond acceptors (Lipinski definition) is 4. The number of rotatable bonds is 6. The van der Waals surface area contributed by atoms with Crippen LogP contribution in [0.1, 0.15) is 17.2 Å². The lowest BCUT2D eigenvalue weighted by Crippen LogP contribution is -2.43. The average Bonchev–Trinajstić information content (AvgIpc) is 2.94. The van der Waals surface area contributed by atoms with E-state index >= 15 is 0 Å². The summed E-state index contributed by atoms with van der Waals surface area (Å²) in [4.78, 5) is 32.7. The van der Waals surface area contributed by atoms with Gasteiger partial charge in [0.1, 0.15) is 11.9 Å². The van der Waals surface area contributed by atoms with E-state index < -0.39 is 11.9 Å². The minimum atomic E-state index is -0.907. The van der Waals surface area contributed by atoms with E-state index in [1.54, 1.807) is 18.2 Å². The van der Waals surface area contributed by atoms with Gasteiger partial charge in [0.2, 0.25) is 5.91 Å². The van der Waals surface area contributed by atoms with Crippen LogP contribution >= 0.6 is 12.2 Å². The molecule has 0 saturated carbocycles. The molecule has 5 aromatic rings. The second-order valence-electron chi connectivity index (χ2n) is 9.01. The zero-order valence-electron chi connectivity index (χ0n) is 20.8. The summed E-state index contributed by atoms with van der Waals surface area (Å²) in [6, 6.07) is 33.0. The van der Waals surface area contributed by atoms with Gasteiger partial charge < -0.3 is 10.6 Å². The number of para-hydroxylation sites is 1. The van der Waals surface area contributed by atoms with Crippen molar-refractivity contribution < 1.29 is 4.79 Å². The SMILES string of the molecule is Cc1ccc(NC(=S)NC(=O)C(Cc2ccccc2)n2c(-c3ccccc3)nc3ccccc3c2=O)cc1. The fourth-order valence-electron chi connectivity index (χ4n) is 4.36. The molecule has 38 heavy (non-hydrogen) atoms. The van der Waals surface area contributed by atoms with Crippen LogP contribution in [0.25, 0.3) is 22.3 Å². The van der Waals surface area contributed by atoms with Gasteiger partial charge in [-0.25, -0.2) is 4.98 Å². The summed E-state index contributed by atoms with van der Waals surface area (Å²) in [5, 5.41) is 6.46. The normalized spacial score (nSPS) is 11.6. The first-order chi connectivity index (χ1) is 18.5. The molecule has 4 aromatic carbocycles. The number of nitrogens with one attached hydrogen (secondary N) is 2. The predicted molar refractivity (Wildman–Crippen MR) is 156 cm³/mol. The fourth-order valence-corrected chi connectivity index (χ4v) is 4.58. The quantitative estimate of drug-likeness (QED) is 0.283. The molecule has 188 valence electrons. The van der Waals surface area contributed by atoms with Crippen LogP contribution in [-0.4, -0.2) is 20.6 Å². The molecule has 0 radical (unpaired) electrons. The van der Waals surface area contributed by atoms with Crippen molar-refractivity contribution in [3.05, 3.63) is 131 Å². The molecule has 1 aromatic heterocycles. The molecule has 0 spiro atoms. The molecule has 1 atom stereocenters. The van der Waals surface area contributed by atoms with E-state index in [0.29, 0.717) is 16.7 Å². The Balaban J connectivity index is 1.59. The second-order valence-corrected chi connectivity index (χ2v) is 9.42. The number of thiocarbonyl (C=S) groups is 1. The highest BCUT2D eigenvalue weighted by Gasteiger charge is 2.27. The van der Waals surface area contributed by atoms with Gasteiger partial charge in [-0.1, -0.05) is 90.5 Å². The smallest absolute Gasteiger partial charge is 0.262 e. The molecule has 7 heteroatoms. The third-order valence-electron chi connectivity index (χ3n) is 6.27. The van der Waals surface area contributed by atoms with Crippen molar-refractivity contribution >= 4 is 39.8 Å². The highest BCUT2D eigenvalue weighted by Crippen LogP contribution is 2.24. The minimum absolute atomic E-state index is 0.153. The summed E-state index contributed by atoms with van der Waals surface area (Å²) in [6.45, 7) is 2.00. The lowest BCUT2D eigenvalue weighted by atomic mass is 10.0. The standard InChI is InChI=1S/C31H26N4O2S/c1-21-16-18-24(19-17-21)32-31(38)34-29(36)27(20-22-10-4-2-5-11-22)35-28(23-12-6-3-7-13-23)33-26-15-9-8-14-25(26)30(35)37/h2-19,27H,20H2,1H3,(H2,32,34,36,38). The van der Waals surface area contributed by atoms with Crippen molar-refractivity contribution in [2.45, 2.75) is 19.4 Å². The molecule has 2 N–H and O–H groups in total. The van der Waals surface area contributed by atoms with Crippen LogP contribution in [0.15, 0.2) is 114 Å². The van der Waals surface area contributed by atoms with Crippen LogP contribution in [0.4, 0.5) is 5.69 Å². The minimum Gasteiger partial charge on any atom is -0.332 e. The second kappa shape index (κ2) is 11.2. The van der Waals surface area contributed by atoms with Gasteiger partial charge in [-0.15, -0.1) is 0 Å². The molecule has 1 unspecified atom stereocenters. The van der Waals surface area contributed by atoms with E-state index in [1.807, 2.05) is 97.9 Å². The van der Waals surface area contributed by atoms with Crippen LogP contribution in [0.3, 0.4) is 0 Å². The maximum Gasteiger partial charge on any atom is 0.262 e. The topological polar surface area (TPSA) is 76.0 Å². The Morgan fingerprint density at radius 3 is 2.21 bits per heavy atom. The van der Waals surface area contributed by atoms with Gasteiger partial charge in [-0.3, -0.25) is 14.2 Å². The van der Waals surface area contributed by atoms with Gasteiger partial charge in [0, 0.05) is 17.7 Å². The van der Waals surface area contributed by atoms with Crippen molar-refractivity contribution in [1.29, 1.82) is 0 Å². The van der Waals surface area contributed by atoms with E-state index in [9.17, 15) is 9.59 Å². The molecular formula is C31H26N4O2S. The Bertz CT molecular complexity index is 1650. The van der Waals surface area contributed by atoms with Crippen molar-refractivity contribution in [2.75, 3.05) is 5.32 Å². The molecule has 6 nitrogen and oxygen atoms in total. The molecule has 0 aliphatic carbocycles. The predicted octanol–water partition coefficient (Wildman–Crippen LogP) is 5.67. The number of carbonyl (C=O) groups is 1. The molecule has 0 saturated heterocycles. The number of benzene rings is 4. The lowest BCUT2D eigenvalue weighted by molar-refractivity contribution is -0.122. The van der Waals surface area contributed by atoms with Crippen molar-refractivity contribution in [3.8, 4) is 11.4 Å². The lowest BCUT2D eigenvalue weighted by Gasteiger charge is -2.23. The Labute approximate surface area is 226 Å². The Morgan fingerprint density at radius 1 is 0.868 bits per heavy atom. The first-order valence-corrected chi connectivity index (χ1v) is 12.7. The summed E-state index contributed by atoms with van der Waals surface area (Å²) in [6.07, 6.45) is 0.277. The molecule has 1 amide bonds. The van der Waals surface area contributed by atoms with Gasteiger partial charge in [0.15, 0.2) is 5.11 Å². The van der Waals surface area contributed by atoms with Gasteiger partial charge in [0.05, 0.1) is 10.9 Å². The summed E-state index contributed by atoms with van der Waals surface area (Å²) in [5.74, 6) is 0.0117. The van der Waals surface area contributed by atoms with Crippen molar-refractivity contribution in [3.63, 3.8) is 0 Å². The summed E-state index contributed by atoms with van der Waals surface area (Å²) in [7, 11) is 0. The highest BCUT2D eigenvalue weighted by atomic mass is 32.1. The van der Waals surface area contributed by atoms with E-state index in [4.69, 9.17) is 17.2 Å². The summed E-state index contributed by atoms with van der Waals surface area (Å²) < 4.78 is 1.49. The number of fused-ring (bicyclic) bond motifs is 1. The Kier molecular flexibility index (Phi) is 7.38. The summed E-state index contributed by atoms with van der Waals surface area (Å²) >= 11 is 5.47. The number of aryl methyl sites for hydroxylation is 1. The van der Waals surface area contributed by atoms with E-state index in [2.05, 4.69) is 10.6 Å². The number of amides is 1. The average molecular weight is 519 g/mol.